The van der Waals surface area contributed by atoms with E-state index in [4.69, 9.17) is 5.11 Å². The van der Waals surface area contributed by atoms with Crippen LogP contribution in [-0.2, 0) is 4.79 Å². The van der Waals surface area contributed by atoms with E-state index in [2.05, 4.69) is 5.32 Å². The van der Waals surface area contributed by atoms with Crippen molar-refractivity contribution in [3.8, 4) is 0 Å². The minimum Gasteiger partial charge on any atom is -0.480 e. The molecule has 2 atom stereocenters. The Balaban J connectivity index is 2.66. The Bertz CT molecular complexity index is 326. The van der Waals surface area contributed by atoms with Gasteiger partial charge in [-0.15, -0.1) is 0 Å². The van der Waals surface area contributed by atoms with Crippen molar-refractivity contribution >= 4 is 5.97 Å². The van der Waals surface area contributed by atoms with Crippen LogP contribution in [-0.4, -0.2) is 28.8 Å². The molecule has 0 bridgehead atoms. The van der Waals surface area contributed by atoms with Crippen LogP contribution in [0.5, 0.6) is 0 Å². The molecule has 0 aliphatic rings. The Hall–Kier alpha value is -1.39. The highest BCUT2D eigenvalue weighted by Crippen LogP contribution is 2.12. The van der Waals surface area contributed by atoms with E-state index in [9.17, 15) is 9.90 Å². The SMILES string of the molecule is CCC(O)CNC(C(=O)O)c1ccccc1. The van der Waals surface area contributed by atoms with Gasteiger partial charge in [-0.25, -0.2) is 0 Å². The largest absolute Gasteiger partial charge is 0.480 e. The molecule has 2 unspecified atom stereocenters. The highest BCUT2D eigenvalue weighted by Gasteiger charge is 2.19. The van der Waals surface area contributed by atoms with E-state index in [-0.39, 0.29) is 6.54 Å². The molecule has 4 heteroatoms. The molecule has 0 amide bonds. The Morgan fingerprint density at radius 1 is 1.38 bits per heavy atom. The second-order valence-corrected chi connectivity index (χ2v) is 3.65. The lowest BCUT2D eigenvalue weighted by Crippen LogP contribution is -2.34. The molecule has 0 aliphatic carbocycles. The number of carboxylic acids is 1. The third-order valence-electron chi connectivity index (χ3n) is 2.41. The van der Waals surface area contributed by atoms with Gasteiger partial charge in [0.15, 0.2) is 0 Å². The second kappa shape index (κ2) is 6.25. The summed E-state index contributed by atoms with van der Waals surface area (Å²) in [5.41, 5.74) is 0.693. The third kappa shape index (κ3) is 3.64. The number of carboxylic acid groups (broad SMARTS) is 1. The Morgan fingerprint density at radius 3 is 2.50 bits per heavy atom. The molecule has 0 saturated heterocycles. The third-order valence-corrected chi connectivity index (χ3v) is 2.41. The lowest BCUT2D eigenvalue weighted by Gasteiger charge is -2.16. The summed E-state index contributed by atoms with van der Waals surface area (Å²) >= 11 is 0. The number of aliphatic hydroxyl groups excluding tert-OH is 1. The van der Waals surface area contributed by atoms with Gasteiger partial charge in [-0.1, -0.05) is 37.3 Å². The van der Waals surface area contributed by atoms with Crippen molar-refractivity contribution in [1.82, 2.24) is 5.32 Å². The molecule has 1 aromatic rings. The van der Waals surface area contributed by atoms with Crippen LogP contribution in [0.4, 0.5) is 0 Å². The van der Waals surface area contributed by atoms with Crippen LogP contribution in [0.15, 0.2) is 30.3 Å². The molecule has 0 aliphatic heterocycles. The summed E-state index contributed by atoms with van der Waals surface area (Å²) in [4.78, 5) is 11.1. The van der Waals surface area contributed by atoms with Crippen molar-refractivity contribution in [2.75, 3.05) is 6.54 Å². The average molecular weight is 223 g/mol. The molecule has 0 fully saturated rings. The second-order valence-electron chi connectivity index (χ2n) is 3.65. The number of hydrogen-bond donors (Lipinski definition) is 3. The van der Waals surface area contributed by atoms with Gasteiger partial charge in [0.1, 0.15) is 6.04 Å². The first kappa shape index (κ1) is 12.7. The van der Waals surface area contributed by atoms with E-state index in [0.29, 0.717) is 12.0 Å². The molecule has 0 heterocycles. The quantitative estimate of drug-likeness (QED) is 0.677. The van der Waals surface area contributed by atoms with Crippen LogP contribution in [0.3, 0.4) is 0 Å². The van der Waals surface area contributed by atoms with Crippen molar-refractivity contribution in [2.24, 2.45) is 0 Å². The predicted molar refractivity (Wildman–Crippen MR) is 61.1 cm³/mol. The van der Waals surface area contributed by atoms with Crippen LogP contribution in [0.1, 0.15) is 24.9 Å². The van der Waals surface area contributed by atoms with Gasteiger partial charge in [-0.05, 0) is 12.0 Å². The smallest absolute Gasteiger partial charge is 0.325 e. The normalized spacial score (nSPS) is 14.4. The molecule has 0 aromatic heterocycles. The van der Waals surface area contributed by atoms with E-state index in [0.717, 1.165) is 0 Å². The molecule has 1 rings (SSSR count). The van der Waals surface area contributed by atoms with Crippen molar-refractivity contribution in [2.45, 2.75) is 25.5 Å². The number of carbonyl (C=O) groups is 1. The number of benzene rings is 1. The van der Waals surface area contributed by atoms with Crippen LogP contribution in [0, 0.1) is 0 Å². The van der Waals surface area contributed by atoms with E-state index < -0.39 is 18.1 Å². The van der Waals surface area contributed by atoms with Gasteiger partial charge in [0.2, 0.25) is 0 Å². The standard InChI is InChI=1S/C12H17NO3/c1-2-10(14)8-13-11(12(15)16)9-6-4-3-5-7-9/h3-7,10-11,13-14H,2,8H2,1H3,(H,15,16). The molecule has 4 nitrogen and oxygen atoms in total. The summed E-state index contributed by atoms with van der Waals surface area (Å²) in [6.07, 6.45) is 0.0965. The maximum atomic E-state index is 11.1. The minimum atomic E-state index is -0.936. The Labute approximate surface area is 94.9 Å². The van der Waals surface area contributed by atoms with E-state index in [1.807, 2.05) is 13.0 Å². The Morgan fingerprint density at radius 2 is 2.00 bits per heavy atom. The molecule has 3 N–H and O–H groups in total. The fourth-order valence-electron chi connectivity index (χ4n) is 1.39. The van der Waals surface area contributed by atoms with Gasteiger partial charge in [-0.2, -0.15) is 0 Å². The summed E-state index contributed by atoms with van der Waals surface area (Å²) in [7, 11) is 0. The summed E-state index contributed by atoms with van der Waals surface area (Å²) in [6.45, 7) is 2.13. The summed E-state index contributed by atoms with van der Waals surface area (Å²) < 4.78 is 0. The number of rotatable bonds is 6. The van der Waals surface area contributed by atoms with Gasteiger partial charge in [-0.3, -0.25) is 10.1 Å². The number of aliphatic carboxylic acids is 1. The van der Waals surface area contributed by atoms with Crippen molar-refractivity contribution in [3.63, 3.8) is 0 Å². The highest BCUT2D eigenvalue weighted by molar-refractivity contribution is 5.75. The summed E-state index contributed by atoms with van der Waals surface area (Å²) in [5, 5.41) is 21.3. The van der Waals surface area contributed by atoms with Crippen LogP contribution < -0.4 is 5.32 Å². The van der Waals surface area contributed by atoms with Crippen LogP contribution >= 0.6 is 0 Å². The zero-order valence-electron chi connectivity index (χ0n) is 9.26. The van der Waals surface area contributed by atoms with Gasteiger partial charge >= 0.3 is 5.97 Å². The van der Waals surface area contributed by atoms with Crippen LogP contribution in [0.2, 0.25) is 0 Å². The Kier molecular flexibility index (Phi) is 4.95. The molecule has 88 valence electrons. The van der Waals surface area contributed by atoms with Gasteiger partial charge in [0, 0.05) is 6.54 Å². The molecular formula is C12H17NO3. The lowest BCUT2D eigenvalue weighted by molar-refractivity contribution is -0.139. The zero-order chi connectivity index (χ0) is 12.0. The highest BCUT2D eigenvalue weighted by atomic mass is 16.4. The van der Waals surface area contributed by atoms with Crippen molar-refractivity contribution in [1.29, 1.82) is 0 Å². The van der Waals surface area contributed by atoms with Crippen molar-refractivity contribution in [3.05, 3.63) is 35.9 Å². The first-order valence-electron chi connectivity index (χ1n) is 5.34. The molecular weight excluding hydrogens is 206 g/mol. The summed E-state index contributed by atoms with van der Waals surface area (Å²) in [6, 6.07) is 8.17. The fraction of sp³-hybridized carbons (Fsp3) is 0.417. The number of aliphatic hydroxyl groups is 1. The maximum Gasteiger partial charge on any atom is 0.325 e. The maximum absolute atomic E-state index is 11.1. The lowest BCUT2D eigenvalue weighted by atomic mass is 10.1. The first-order valence-corrected chi connectivity index (χ1v) is 5.34. The van der Waals surface area contributed by atoms with E-state index in [1.165, 1.54) is 0 Å². The zero-order valence-corrected chi connectivity index (χ0v) is 9.26. The predicted octanol–water partition coefficient (Wildman–Crippen LogP) is 1.17. The fourth-order valence-corrected chi connectivity index (χ4v) is 1.39. The molecule has 0 spiro atoms. The monoisotopic (exact) mass is 223 g/mol. The van der Waals surface area contributed by atoms with Gasteiger partial charge in [0.25, 0.3) is 0 Å². The van der Waals surface area contributed by atoms with E-state index >= 15 is 0 Å². The minimum absolute atomic E-state index is 0.280. The van der Waals surface area contributed by atoms with Crippen molar-refractivity contribution < 1.29 is 15.0 Å². The number of hydrogen-bond acceptors (Lipinski definition) is 3. The van der Waals surface area contributed by atoms with Gasteiger partial charge < -0.3 is 10.2 Å². The van der Waals surface area contributed by atoms with Crippen LogP contribution in [0.25, 0.3) is 0 Å². The molecule has 0 saturated carbocycles. The topological polar surface area (TPSA) is 69.6 Å². The first-order chi connectivity index (χ1) is 7.65. The number of nitrogens with one attached hydrogen (secondary N) is 1. The van der Waals surface area contributed by atoms with Gasteiger partial charge in [0.05, 0.1) is 6.10 Å². The molecule has 16 heavy (non-hydrogen) atoms. The summed E-state index contributed by atoms with van der Waals surface area (Å²) in [5.74, 6) is -0.936. The molecule has 0 radical (unpaired) electrons. The molecule has 1 aromatic carbocycles. The van der Waals surface area contributed by atoms with E-state index in [1.54, 1.807) is 24.3 Å². The average Bonchev–Trinajstić information content (AvgIpc) is 2.30.